The molecule has 0 unspecified atom stereocenters. The van der Waals surface area contributed by atoms with Crippen LogP contribution in [-0.4, -0.2) is 33.0 Å². The molecule has 29 heavy (non-hydrogen) atoms. The minimum absolute atomic E-state index is 0.00628. The van der Waals surface area contributed by atoms with Gasteiger partial charge in [0.1, 0.15) is 11.9 Å². The van der Waals surface area contributed by atoms with E-state index in [2.05, 4.69) is 15.3 Å². The van der Waals surface area contributed by atoms with Gasteiger partial charge >= 0.3 is 0 Å². The van der Waals surface area contributed by atoms with E-state index in [4.69, 9.17) is 0 Å². The number of rotatable bonds is 5. The second kappa shape index (κ2) is 7.94. The number of hydrogen-bond donors (Lipinski definition) is 1. The molecule has 1 amide bonds. The maximum atomic E-state index is 13.0. The lowest BCUT2D eigenvalue weighted by atomic mass is 10.1. The molecule has 0 aliphatic carbocycles. The average molecular weight is 412 g/mol. The molecule has 1 aromatic carbocycles. The second-order valence-electron chi connectivity index (χ2n) is 7.39. The van der Waals surface area contributed by atoms with E-state index in [0.29, 0.717) is 21.9 Å². The third-order valence-corrected chi connectivity index (χ3v) is 6.49. The summed E-state index contributed by atoms with van der Waals surface area (Å²) in [4.78, 5) is 37.4. The summed E-state index contributed by atoms with van der Waals surface area (Å²) in [6.45, 7) is 4.72. The van der Waals surface area contributed by atoms with E-state index in [9.17, 15) is 9.59 Å². The Kier molecular flexibility index (Phi) is 5.36. The Hall–Kier alpha value is -2.74. The van der Waals surface area contributed by atoms with Gasteiger partial charge in [-0.2, -0.15) is 0 Å². The number of carbonyl (C=O) groups excluding carboxylic acids is 1. The minimum atomic E-state index is -0.281. The Bertz CT molecular complexity index is 1090. The van der Waals surface area contributed by atoms with Gasteiger partial charge in [-0.15, -0.1) is 0 Å². The molecule has 3 aromatic rings. The van der Waals surface area contributed by atoms with Crippen molar-refractivity contribution in [2.75, 3.05) is 11.4 Å². The van der Waals surface area contributed by atoms with Crippen LogP contribution in [0.15, 0.2) is 35.1 Å². The van der Waals surface area contributed by atoms with Gasteiger partial charge in [0.2, 0.25) is 5.91 Å². The Morgan fingerprint density at radius 1 is 1.31 bits per heavy atom. The van der Waals surface area contributed by atoms with Crippen molar-refractivity contribution in [2.45, 2.75) is 45.2 Å². The molecule has 1 N–H and O–H groups in total. The number of nitrogens with zero attached hydrogens (tertiary/aromatic N) is 4. The number of benzene rings is 1. The molecule has 1 fully saturated rings. The Morgan fingerprint density at radius 3 is 2.79 bits per heavy atom. The van der Waals surface area contributed by atoms with Crippen molar-refractivity contribution in [2.24, 2.45) is 7.05 Å². The lowest BCUT2D eigenvalue weighted by molar-refractivity contribution is -0.122. The predicted octanol–water partition coefficient (Wildman–Crippen LogP) is 2.80. The maximum Gasteiger partial charge on any atom is 0.280 e. The summed E-state index contributed by atoms with van der Waals surface area (Å²) in [6, 6.07) is 9.58. The van der Waals surface area contributed by atoms with Crippen LogP contribution in [-0.2, 0) is 18.3 Å². The summed E-state index contributed by atoms with van der Waals surface area (Å²) in [6.07, 6.45) is 2.37. The lowest BCUT2D eigenvalue weighted by Gasteiger charge is -2.25. The van der Waals surface area contributed by atoms with Crippen molar-refractivity contribution in [1.82, 2.24) is 19.9 Å². The van der Waals surface area contributed by atoms with E-state index in [1.165, 1.54) is 11.3 Å². The summed E-state index contributed by atoms with van der Waals surface area (Å²) in [5.41, 5.74) is 1.32. The number of nitrogens with one attached hydrogen (secondary N) is 1. The smallest absolute Gasteiger partial charge is 0.280 e. The van der Waals surface area contributed by atoms with Crippen LogP contribution in [0.5, 0.6) is 0 Å². The van der Waals surface area contributed by atoms with Crippen LogP contribution < -0.4 is 15.8 Å². The van der Waals surface area contributed by atoms with Crippen molar-refractivity contribution in [3.63, 3.8) is 0 Å². The Morgan fingerprint density at radius 2 is 2.07 bits per heavy atom. The average Bonchev–Trinajstić information content (AvgIpc) is 3.38. The molecule has 0 saturated carbocycles. The number of carbonyl (C=O) groups is 1. The Labute approximate surface area is 173 Å². The van der Waals surface area contributed by atoms with Crippen LogP contribution >= 0.6 is 11.3 Å². The molecule has 0 bridgehead atoms. The first-order valence-corrected chi connectivity index (χ1v) is 10.8. The molecular formula is C21H25N5O2S. The largest absolute Gasteiger partial charge is 0.348 e. The van der Waals surface area contributed by atoms with Crippen LogP contribution in [0.1, 0.15) is 44.1 Å². The number of aryl methyl sites for hydroxylation is 1. The summed E-state index contributed by atoms with van der Waals surface area (Å²) in [5.74, 6) is 0.735. The lowest BCUT2D eigenvalue weighted by Crippen LogP contribution is -2.44. The normalized spacial score (nSPS) is 17.6. The number of anilines is 1. The molecule has 152 valence electrons. The van der Waals surface area contributed by atoms with Crippen molar-refractivity contribution in [1.29, 1.82) is 0 Å². The van der Waals surface area contributed by atoms with Gasteiger partial charge in [-0.25, -0.2) is 9.97 Å². The molecule has 1 aliphatic rings. The third-order valence-electron chi connectivity index (χ3n) is 5.50. The van der Waals surface area contributed by atoms with Gasteiger partial charge in [0.15, 0.2) is 15.5 Å². The molecule has 7 nitrogen and oxygen atoms in total. The molecule has 4 rings (SSSR count). The number of hydrogen-bond acceptors (Lipinski definition) is 6. The maximum absolute atomic E-state index is 13.0. The molecule has 8 heteroatoms. The summed E-state index contributed by atoms with van der Waals surface area (Å²) >= 11 is 1.39. The topological polar surface area (TPSA) is 80.1 Å². The van der Waals surface area contributed by atoms with Gasteiger partial charge in [0.25, 0.3) is 5.56 Å². The number of thiazole rings is 1. The summed E-state index contributed by atoms with van der Waals surface area (Å²) < 4.78 is 1.56. The molecule has 2 atom stereocenters. The molecule has 3 heterocycles. The summed E-state index contributed by atoms with van der Waals surface area (Å²) in [7, 11) is 1.73. The van der Waals surface area contributed by atoms with Crippen molar-refractivity contribution in [3.05, 3.63) is 52.1 Å². The molecule has 2 aromatic heterocycles. The third kappa shape index (κ3) is 3.64. The highest BCUT2D eigenvalue weighted by Gasteiger charge is 2.33. The fourth-order valence-corrected chi connectivity index (χ4v) is 4.85. The molecule has 1 aliphatic heterocycles. The van der Waals surface area contributed by atoms with Gasteiger partial charge < -0.3 is 10.2 Å². The van der Waals surface area contributed by atoms with E-state index in [0.717, 1.165) is 30.8 Å². The monoisotopic (exact) mass is 411 g/mol. The van der Waals surface area contributed by atoms with Crippen molar-refractivity contribution in [3.8, 4) is 0 Å². The van der Waals surface area contributed by atoms with Crippen LogP contribution in [0.4, 0.5) is 5.13 Å². The molecular weight excluding hydrogens is 386 g/mol. The zero-order valence-corrected chi connectivity index (χ0v) is 17.7. The van der Waals surface area contributed by atoms with Crippen molar-refractivity contribution < 1.29 is 4.79 Å². The quantitative estimate of drug-likeness (QED) is 0.698. The van der Waals surface area contributed by atoms with Crippen LogP contribution in [0.2, 0.25) is 0 Å². The van der Waals surface area contributed by atoms with E-state index >= 15 is 0 Å². The first-order chi connectivity index (χ1) is 14.0. The van der Waals surface area contributed by atoms with Gasteiger partial charge in [-0.1, -0.05) is 48.6 Å². The van der Waals surface area contributed by atoms with E-state index in [1.807, 2.05) is 49.1 Å². The highest BCUT2D eigenvalue weighted by atomic mass is 32.1. The van der Waals surface area contributed by atoms with Crippen LogP contribution in [0, 0.1) is 0 Å². The molecule has 0 spiro atoms. The zero-order valence-electron chi connectivity index (χ0n) is 16.9. The highest BCUT2D eigenvalue weighted by Crippen LogP contribution is 2.32. The second-order valence-corrected chi connectivity index (χ2v) is 8.34. The number of aromatic nitrogens is 3. The zero-order chi connectivity index (χ0) is 20.5. The number of amides is 1. The molecule has 0 radical (unpaired) electrons. The first-order valence-electron chi connectivity index (χ1n) is 9.98. The molecule has 1 saturated heterocycles. The standard InChI is InChI=1S/C21H25N5O2S/c1-4-16-23-19-17(20(28)25(16)3)24-21(29-19)26-12-8-11-15(26)18(27)22-13(2)14-9-6-5-7-10-14/h5-7,9-10,13,15H,4,8,11-12H2,1-3H3,(H,22,27)/t13-,15+/m0/s1. The predicted molar refractivity (Wildman–Crippen MR) is 115 cm³/mol. The van der Waals surface area contributed by atoms with Gasteiger partial charge in [-0.05, 0) is 25.3 Å². The van der Waals surface area contributed by atoms with E-state index < -0.39 is 0 Å². The van der Waals surface area contributed by atoms with Crippen LogP contribution in [0.3, 0.4) is 0 Å². The fourth-order valence-electron chi connectivity index (χ4n) is 3.83. The fraction of sp³-hybridized carbons (Fsp3) is 0.429. The van der Waals surface area contributed by atoms with Gasteiger partial charge in [0, 0.05) is 20.0 Å². The Balaban J connectivity index is 1.59. The van der Waals surface area contributed by atoms with E-state index in [-0.39, 0.29) is 23.6 Å². The van der Waals surface area contributed by atoms with Crippen molar-refractivity contribution >= 4 is 32.7 Å². The minimum Gasteiger partial charge on any atom is -0.348 e. The van der Waals surface area contributed by atoms with Gasteiger partial charge in [-0.3, -0.25) is 14.2 Å². The van der Waals surface area contributed by atoms with Gasteiger partial charge in [0.05, 0.1) is 6.04 Å². The van der Waals surface area contributed by atoms with Crippen LogP contribution in [0.25, 0.3) is 10.3 Å². The number of fused-ring (bicyclic) bond motifs is 1. The SMILES string of the molecule is CCc1nc2sc(N3CCC[C@@H]3C(=O)N[C@@H](C)c3ccccc3)nc2c(=O)n1C. The first kappa shape index (κ1) is 19.6. The van der Waals surface area contributed by atoms with E-state index in [1.54, 1.807) is 11.6 Å². The highest BCUT2D eigenvalue weighted by molar-refractivity contribution is 7.21. The summed E-state index contributed by atoms with van der Waals surface area (Å²) in [5, 5.41) is 3.82.